The lowest BCUT2D eigenvalue weighted by Crippen LogP contribution is -2.48. The second kappa shape index (κ2) is 9.09. The maximum Gasteiger partial charge on any atom is 0.272 e. The number of hydrogen-bond donors (Lipinski definition) is 4. The van der Waals surface area contributed by atoms with E-state index in [1.54, 1.807) is 0 Å². The number of aromatic nitrogens is 2. The summed E-state index contributed by atoms with van der Waals surface area (Å²) in [6.45, 7) is 11.4. The van der Waals surface area contributed by atoms with Gasteiger partial charge in [0, 0.05) is 6.42 Å². The third-order valence-electron chi connectivity index (χ3n) is 4.02. The van der Waals surface area contributed by atoms with Gasteiger partial charge in [-0.15, -0.1) is 0 Å². The fourth-order valence-electron chi connectivity index (χ4n) is 2.58. The van der Waals surface area contributed by atoms with Crippen molar-refractivity contribution >= 4 is 11.8 Å². The number of aliphatic hydroxyl groups is 1. The molecule has 1 aromatic rings. The average molecular weight is 370 g/mol. The minimum Gasteiger partial charge on any atom is -0.382 e. The number of nitrogens with zero attached hydrogens (tertiary/aromatic N) is 2. The molecule has 4 N–H and O–H groups in total. The maximum atomic E-state index is 12.8. The molecule has 0 saturated heterocycles. The highest BCUT2D eigenvalue weighted by Gasteiger charge is 2.37. The summed E-state index contributed by atoms with van der Waals surface area (Å²) in [7, 11) is 0. The van der Waals surface area contributed by atoms with Crippen LogP contribution in [0, 0.1) is 17.3 Å². The van der Waals surface area contributed by atoms with E-state index in [-0.39, 0.29) is 12.3 Å². The Kier molecular flexibility index (Phi) is 7.70. The van der Waals surface area contributed by atoms with E-state index in [2.05, 4.69) is 15.5 Å². The summed E-state index contributed by atoms with van der Waals surface area (Å²) in [5, 5.41) is 25.7. The Hall–Kier alpha value is -2.00. The van der Waals surface area contributed by atoms with Gasteiger partial charge in [-0.05, 0) is 17.8 Å². The largest absolute Gasteiger partial charge is 0.382 e. The van der Waals surface area contributed by atoms with Crippen LogP contribution in [0.15, 0.2) is 4.52 Å². The van der Waals surface area contributed by atoms with Crippen LogP contribution in [0.1, 0.15) is 65.7 Å². The predicted octanol–water partition coefficient (Wildman–Crippen LogP) is 1.36. The summed E-state index contributed by atoms with van der Waals surface area (Å²) in [6, 6.07) is -0.571. The van der Waals surface area contributed by atoms with Gasteiger partial charge < -0.3 is 14.9 Å². The Balaban J connectivity index is 3.09. The molecule has 0 saturated carbocycles. The van der Waals surface area contributed by atoms with Crippen LogP contribution < -0.4 is 10.8 Å². The monoisotopic (exact) mass is 370 g/mol. The lowest BCUT2D eigenvalue weighted by molar-refractivity contribution is -0.147. The van der Waals surface area contributed by atoms with Crippen LogP contribution in [0.3, 0.4) is 0 Å². The normalized spacial score (nSPS) is 15.4. The Morgan fingerprint density at radius 2 is 1.85 bits per heavy atom. The van der Waals surface area contributed by atoms with Crippen LogP contribution in [0.4, 0.5) is 0 Å². The number of nitrogens with one attached hydrogen (secondary N) is 2. The molecule has 1 rings (SSSR count). The molecule has 9 heteroatoms. The van der Waals surface area contributed by atoms with Crippen molar-refractivity contribution < 1.29 is 24.4 Å². The van der Waals surface area contributed by atoms with E-state index in [4.69, 9.17) is 9.73 Å². The lowest BCUT2D eigenvalue weighted by Gasteiger charge is -2.31. The molecule has 3 atom stereocenters. The molecule has 9 nitrogen and oxygen atoms in total. The summed E-state index contributed by atoms with van der Waals surface area (Å²) in [6.07, 6.45) is -0.827. The Labute approximate surface area is 153 Å². The molecule has 0 fully saturated rings. The first-order valence-electron chi connectivity index (χ1n) is 8.76. The van der Waals surface area contributed by atoms with E-state index in [0.717, 1.165) is 0 Å². The third-order valence-corrected chi connectivity index (χ3v) is 4.02. The van der Waals surface area contributed by atoms with Gasteiger partial charge in [0.2, 0.25) is 11.8 Å². The molecule has 0 aromatic carbocycles. The van der Waals surface area contributed by atoms with Crippen molar-refractivity contribution in [2.75, 3.05) is 0 Å². The Morgan fingerprint density at radius 3 is 2.27 bits per heavy atom. The topological polar surface area (TPSA) is 138 Å². The van der Waals surface area contributed by atoms with E-state index >= 15 is 0 Å². The van der Waals surface area contributed by atoms with E-state index in [1.165, 1.54) is 5.48 Å². The molecule has 1 heterocycles. The highest BCUT2D eigenvalue weighted by atomic mass is 16.5. The third kappa shape index (κ3) is 5.77. The molecule has 26 heavy (non-hydrogen) atoms. The first-order valence-corrected chi connectivity index (χ1v) is 8.76. The van der Waals surface area contributed by atoms with Crippen molar-refractivity contribution in [1.82, 2.24) is 20.9 Å². The summed E-state index contributed by atoms with van der Waals surface area (Å²) >= 11 is 0. The van der Waals surface area contributed by atoms with E-state index in [9.17, 15) is 14.7 Å². The molecule has 0 unspecified atom stereocenters. The van der Waals surface area contributed by atoms with Gasteiger partial charge in [-0.25, -0.2) is 5.48 Å². The number of aliphatic hydroxyl groups excluding tert-OH is 1. The van der Waals surface area contributed by atoms with Gasteiger partial charge in [0.1, 0.15) is 6.10 Å². The van der Waals surface area contributed by atoms with Gasteiger partial charge in [0.05, 0.1) is 12.0 Å². The van der Waals surface area contributed by atoms with Crippen LogP contribution in [0.25, 0.3) is 0 Å². The van der Waals surface area contributed by atoms with Crippen LogP contribution in [0.5, 0.6) is 0 Å². The van der Waals surface area contributed by atoms with Crippen LogP contribution in [-0.4, -0.2) is 38.4 Å². The van der Waals surface area contributed by atoms with Crippen molar-refractivity contribution in [2.24, 2.45) is 17.3 Å². The molecule has 0 bridgehead atoms. The molecule has 0 aliphatic heterocycles. The van der Waals surface area contributed by atoms with Crippen LogP contribution >= 0.6 is 0 Å². The number of hydrogen-bond acceptors (Lipinski definition) is 7. The van der Waals surface area contributed by atoms with Crippen LogP contribution in [0.2, 0.25) is 0 Å². The van der Waals surface area contributed by atoms with Crippen molar-refractivity contribution in [1.29, 1.82) is 0 Å². The second-order valence-electron chi connectivity index (χ2n) is 7.86. The first kappa shape index (κ1) is 22.0. The van der Waals surface area contributed by atoms with Crippen molar-refractivity contribution in [2.45, 2.75) is 66.5 Å². The van der Waals surface area contributed by atoms with Gasteiger partial charge in [0.15, 0.2) is 5.82 Å². The quantitative estimate of drug-likeness (QED) is 0.400. The SMILES string of the molecule is CCc1nc([C@@H](NC(=O)[C@H](CC(C)C)[C@H](O)C(=O)NO)C(C)(C)C)no1. The zero-order chi connectivity index (χ0) is 20.1. The minimum atomic E-state index is -1.67. The number of amides is 2. The fraction of sp³-hybridized carbons (Fsp3) is 0.765. The van der Waals surface area contributed by atoms with Gasteiger partial charge in [-0.3, -0.25) is 14.8 Å². The molecule has 1 aromatic heterocycles. The molecular formula is C17H30N4O5. The zero-order valence-electron chi connectivity index (χ0n) is 16.2. The van der Waals surface area contributed by atoms with Gasteiger partial charge in [-0.2, -0.15) is 4.98 Å². The highest BCUT2D eigenvalue weighted by molar-refractivity contribution is 5.88. The maximum absolute atomic E-state index is 12.8. The number of hydroxylamine groups is 1. The number of aryl methyl sites for hydroxylation is 1. The highest BCUT2D eigenvalue weighted by Crippen LogP contribution is 2.32. The van der Waals surface area contributed by atoms with Crippen molar-refractivity contribution in [3.05, 3.63) is 11.7 Å². The first-order chi connectivity index (χ1) is 12.0. The summed E-state index contributed by atoms with van der Waals surface area (Å²) in [5.74, 6) is -1.71. The lowest BCUT2D eigenvalue weighted by atomic mass is 9.84. The van der Waals surface area contributed by atoms with E-state index < -0.39 is 35.3 Å². The Bertz CT molecular complexity index is 609. The molecule has 2 amide bonds. The Morgan fingerprint density at radius 1 is 1.23 bits per heavy atom. The summed E-state index contributed by atoms with van der Waals surface area (Å²) < 4.78 is 5.14. The summed E-state index contributed by atoms with van der Waals surface area (Å²) in [5.41, 5.74) is 0.957. The molecule has 148 valence electrons. The van der Waals surface area contributed by atoms with Crippen LogP contribution in [-0.2, 0) is 16.0 Å². The molecule has 0 aliphatic rings. The van der Waals surface area contributed by atoms with Crippen molar-refractivity contribution in [3.63, 3.8) is 0 Å². The van der Waals surface area contributed by atoms with E-state index in [1.807, 2.05) is 41.5 Å². The van der Waals surface area contributed by atoms with Crippen molar-refractivity contribution in [3.8, 4) is 0 Å². The fourth-order valence-corrected chi connectivity index (χ4v) is 2.58. The molecular weight excluding hydrogens is 340 g/mol. The minimum absolute atomic E-state index is 0.0526. The number of rotatable bonds is 8. The van der Waals surface area contributed by atoms with Gasteiger partial charge in [0.25, 0.3) is 5.91 Å². The standard InChI is InChI=1S/C17H30N4O5/c1-7-11-18-14(21-26-11)13(17(4,5)6)19-15(23)10(8-9(2)3)12(22)16(24)20-25/h9-10,12-13,22,25H,7-8H2,1-6H3,(H,19,23)(H,20,24)/t10-,12+,13-/m1/s1. The number of carbonyl (C=O) groups is 2. The summed E-state index contributed by atoms with van der Waals surface area (Å²) in [4.78, 5) is 28.7. The van der Waals surface area contributed by atoms with Gasteiger partial charge >= 0.3 is 0 Å². The molecule has 0 radical (unpaired) electrons. The average Bonchev–Trinajstić information content (AvgIpc) is 3.03. The smallest absolute Gasteiger partial charge is 0.272 e. The van der Waals surface area contributed by atoms with Gasteiger partial charge in [-0.1, -0.05) is 46.7 Å². The number of carbonyl (C=O) groups excluding carboxylic acids is 2. The molecule has 0 spiro atoms. The molecule has 0 aliphatic carbocycles. The zero-order valence-corrected chi connectivity index (χ0v) is 16.2. The van der Waals surface area contributed by atoms with E-state index in [0.29, 0.717) is 18.1 Å². The predicted molar refractivity (Wildman–Crippen MR) is 92.9 cm³/mol. The second-order valence-corrected chi connectivity index (χ2v) is 7.86.